The van der Waals surface area contributed by atoms with Gasteiger partial charge in [0.2, 0.25) is 0 Å². The maximum absolute atomic E-state index is 10.8. The molecule has 0 saturated heterocycles. The first-order valence-corrected chi connectivity index (χ1v) is 6.89. The molecule has 2 rings (SSSR count). The largest absolute Gasteiger partial charge is 0.493 e. The van der Waals surface area contributed by atoms with Crippen LogP contribution in [0.5, 0.6) is 11.5 Å². The van der Waals surface area contributed by atoms with E-state index in [0.717, 1.165) is 12.0 Å². The number of hydrogen-bond acceptors (Lipinski definition) is 4. The van der Waals surface area contributed by atoms with Crippen LogP contribution in [0, 0.1) is 0 Å². The van der Waals surface area contributed by atoms with E-state index in [0.29, 0.717) is 34.6 Å². The molecule has 5 heteroatoms. The number of rotatable bonds is 6. The van der Waals surface area contributed by atoms with Crippen molar-refractivity contribution in [3.8, 4) is 11.5 Å². The summed E-state index contributed by atoms with van der Waals surface area (Å²) < 4.78 is 11.7. The molecule has 0 amide bonds. The minimum Gasteiger partial charge on any atom is -0.493 e. The van der Waals surface area contributed by atoms with Crippen LogP contribution in [-0.2, 0) is 6.42 Å². The zero-order valence-corrected chi connectivity index (χ0v) is 12.6. The van der Waals surface area contributed by atoms with Gasteiger partial charge in [-0.1, -0.05) is 6.07 Å². The number of benzene rings is 1. The summed E-state index contributed by atoms with van der Waals surface area (Å²) in [6, 6.07) is 9.12. The van der Waals surface area contributed by atoms with E-state index in [1.807, 2.05) is 18.2 Å². The molecule has 1 aromatic carbocycles. The number of pyridine rings is 1. The molecule has 0 bridgehead atoms. The smallest absolute Gasteiger partial charge is 0.175 e. The maximum atomic E-state index is 10.8. The van der Waals surface area contributed by atoms with Crippen LogP contribution >= 0.6 is 15.9 Å². The van der Waals surface area contributed by atoms with Crippen molar-refractivity contribution < 1.29 is 14.3 Å². The fraction of sp³-hybridized carbons (Fsp3) is 0.200. The number of hydrogen-bond donors (Lipinski definition) is 0. The number of ether oxygens (including phenoxy) is 2. The Morgan fingerprint density at radius 1 is 1.35 bits per heavy atom. The van der Waals surface area contributed by atoms with E-state index in [-0.39, 0.29) is 0 Å². The van der Waals surface area contributed by atoms with E-state index < -0.39 is 0 Å². The first kappa shape index (κ1) is 14.5. The fourth-order valence-electron chi connectivity index (χ4n) is 1.75. The van der Waals surface area contributed by atoms with Gasteiger partial charge in [0.15, 0.2) is 11.5 Å². The molecule has 1 aromatic heterocycles. The van der Waals surface area contributed by atoms with Crippen molar-refractivity contribution in [3.63, 3.8) is 0 Å². The molecule has 0 atom stereocenters. The SMILES string of the molecule is COc1cc(C=O)cc(Br)c1OCCc1ccccn1. The lowest BCUT2D eigenvalue weighted by molar-refractivity contribution is 0.112. The van der Waals surface area contributed by atoms with Crippen molar-refractivity contribution in [3.05, 3.63) is 52.3 Å². The van der Waals surface area contributed by atoms with E-state index in [1.165, 1.54) is 0 Å². The Hall–Kier alpha value is -1.88. The maximum Gasteiger partial charge on any atom is 0.175 e. The molecule has 0 saturated carbocycles. The van der Waals surface area contributed by atoms with Crippen molar-refractivity contribution >= 4 is 22.2 Å². The van der Waals surface area contributed by atoms with Gasteiger partial charge < -0.3 is 9.47 Å². The Morgan fingerprint density at radius 3 is 2.85 bits per heavy atom. The van der Waals surface area contributed by atoms with Crippen LogP contribution in [0.25, 0.3) is 0 Å². The van der Waals surface area contributed by atoms with E-state index in [4.69, 9.17) is 9.47 Å². The third-order valence-electron chi connectivity index (χ3n) is 2.72. The Morgan fingerprint density at radius 2 is 2.20 bits per heavy atom. The van der Waals surface area contributed by atoms with Crippen LogP contribution in [0.3, 0.4) is 0 Å². The summed E-state index contributed by atoms with van der Waals surface area (Å²) in [7, 11) is 1.54. The molecule has 0 aliphatic carbocycles. The lowest BCUT2D eigenvalue weighted by Crippen LogP contribution is -2.04. The molecule has 0 spiro atoms. The van der Waals surface area contributed by atoms with Crippen molar-refractivity contribution in [2.24, 2.45) is 0 Å². The third-order valence-corrected chi connectivity index (χ3v) is 3.31. The molecule has 0 N–H and O–H groups in total. The van der Waals surface area contributed by atoms with Crippen molar-refractivity contribution in [2.75, 3.05) is 13.7 Å². The second-order valence-corrected chi connectivity index (χ2v) is 4.93. The van der Waals surface area contributed by atoms with Crippen molar-refractivity contribution in [1.82, 2.24) is 4.98 Å². The number of methoxy groups -OCH3 is 1. The molecular formula is C15H14BrNO3. The molecule has 104 valence electrons. The summed E-state index contributed by atoms with van der Waals surface area (Å²) in [5.41, 5.74) is 1.50. The van der Waals surface area contributed by atoms with Gasteiger partial charge in [-0.25, -0.2) is 0 Å². The van der Waals surface area contributed by atoms with Crippen LogP contribution in [0.15, 0.2) is 41.0 Å². The molecule has 20 heavy (non-hydrogen) atoms. The highest BCUT2D eigenvalue weighted by molar-refractivity contribution is 9.10. The second kappa shape index (κ2) is 7.05. The molecular weight excluding hydrogens is 322 g/mol. The molecule has 0 radical (unpaired) electrons. The quantitative estimate of drug-likeness (QED) is 0.760. The molecule has 4 nitrogen and oxygen atoms in total. The number of carbonyl (C=O) groups excluding carboxylic acids is 1. The van der Waals surface area contributed by atoms with Gasteiger partial charge in [-0.2, -0.15) is 0 Å². The van der Waals surface area contributed by atoms with Crippen molar-refractivity contribution in [2.45, 2.75) is 6.42 Å². The summed E-state index contributed by atoms with van der Waals surface area (Å²) in [6.45, 7) is 0.479. The van der Waals surface area contributed by atoms with Crippen LogP contribution < -0.4 is 9.47 Å². The van der Waals surface area contributed by atoms with Gasteiger partial charge in [-0.05, 0) is 40.2 Å². The summed E-state index contributed by atoms with van der Waals surface area (Å²) >= 11 is 3.39. The van der Waals surface area contributed by atoms with Crippen LogP contribution in [-0.4, -0.2) is 25.0 Å². The van der Waals surface area contributed by atoms with Gasteiger partial charge in [0, 0.05) is 23.9 Å². The van der Waals surface area contributed by atoms with Crippen LogP contribution in [0.4, 0.5) is 0 Å². The first-order chi connectivity index (χ1) is 9.74. The molecule has 0 unspecified atom stereocenters. The van der Waals surface area contributed by atoms with Gasteiger partial charge in [0.25, 0.3) is 0 Å². The predicted octanol–water partition coefficient (Wildman–Crippen LogP) is 3.29. The lowest BCUT2D eigenvalue weighted by atomic mass is 10.2. The van der Waals surface area contributed by atoms with Crippen molar-refractivity contribution in [1.29, 1.82) is 0 Å². The zero-order chi connectivity index (χ0) is 14.4. The Balaban J connectivity index is 2.07. The van der Waals surface area contributed by atoms with Gasteiger partial charge in [-0.15, -0.1) is 0 Å². The average molecular weight is 336 g/mol. The fourth-order valence-corrected chi connectivity index (χ4v) is 2.33. The highest BCUT2D eigenvalue weighted by Crippen LogP contribution is 2.36. The monoisotopic (exact) mass is 335 g/mol. The average Bonchev–Trinajstić information content (AvgIpc) is 2.49. The highest BCUT2D eigenvalue weighted by atomic mass is 79.9. The summed E-state index contributed by atoms with van der Waals surface area (Å²) in [6.07, 6.45) is 3.22. The molecule has 0 aliphatic rings. The molecule has 0 fully saturated rings. The highest BCUT2D eigenvalue weighted by Gasteiger charge is 2.11. The number of aromatic nitrogens is 1. The second-order valence-electron chi connectivity index (χ2n) is 4.07. The zero-order valence-electron chi connectivity index (χ0n) is 11.0. The predicted molar refractivity (Wildman–Crippen MR) is 79.5 cm³/mol. The standard InChI is InChI=1S/C15H14BrNO3/c1-19-14-9-11(10-18)8-13(16)15(14)20-7-5-12-4-2-3-6-17-12/h2-4,6,8-10H,5,7H2,1H3. The first-order valence-electron chi connectivity index (χ1n) is 6.10. The molecule has 1 heterocycles. The van der Waals surface area contributed by atoms with Crippen LogP contribution in [0.2, 0.25) is 0 Å². The van der Waals surface area contributed by atoms with E-state index in [9.17, 15) is 4.79 Å². The third kappa shape index (κ3) is 3.57. The summed E-state index contributed by atoms with van der Waals surface area (Å²) in [5, 5.41) is 0. The minimum absolute atomic E-state index is 0.479. The number of halogens is 1. The van der Waals surface area contributed by atoms with Gasteiger partial charge >= 0.3 is 0 Å². The Kier molecular flexibility index (Phi) is 5.12. The van der Waals surface area contributed by atoms with Gasteiger partial charge in [-0.3, -0.25) is 9.78 Å². The van der Waals surface area contributed by atoms with Gasteiger partial charge in [0.1, 0.15) is 6.29 Å². The topological polar surface area (TPSA) is 48.4 Å². The van der Waals surface area contributed by atoms with E-state index in [2.05, 4.69) is 20.9 Å². The Bertz CT molecular complexity index is 587. The van der Waals surface area contributed by atoms with E-state index >= 15 is 0 Å². The Labute approximate surface area is 125 Å². The molecule has 0 aliphatic heterocycles. The minimum atomic E-state index is 0.479. The molecule has 2 aromatic rings. The summed E-state index contributed by atoms with van der Waals surface area (Å²) in [4.78, 5) is 15.0. The lowest BCUT2D eigenvalue weighted by Gasteiger charge is -2.13. The number of nitrogens with zero attached hydrogens (tertiary/aromatic N) is 1. The van der Waals surface area contributed by atoms with Crippen LogP contribution in [0.1, 0.15) is 16.1 Å². The normalized spacial score (nSPS) is 10.1. The number of carbonyl (C=O) groups is 1. The van der Waals surface area contributed by atoms with E-state index in [1.54, 1.807) is 25.4 Å². The number of aldehydes is 1. The van der Waals surface area contributed by atoms with Gasteiger partial charge in [0.05, 0.1) is 18.2 Å². The summed E-state index contributed by atoms with van der Waals surface area (Å²) in [5.74, 6) is 1.12.